The van der Waals surface area contributed by atoms with Crippen LogP contribution in [-0.2, 0) is 6.42 Å². The molecular formula is C21H27N3O3. The predicted octanol–water partition coefficient (Wildman–Crippen LogP) is 2.98. The highest BCUT2D eigenvalue weighted by molar-refractivity contribution is 5.98. The van der Waals surface area contributed by atoms with Gasteiger partial charge in [0.25, 0.3) is 11.8 Å². The fourth-order valence-electron chi connectivity index (χ4n) is 2.61. The summed E-state index contributed by atoms with van der Waals surface area (Å²) in [4.78, 5) is 28.5. The van der Waals surface area contributed by atoms with E-state index in [1.165, 1.54) is 12.3 Å². The van der Waals surface area contributed by atoms with E-state index < -0.39 is 0 Å². The van der Waals surface area contributed by atoms with Crippen LogP contribution in [0.25, 0.3) is 0 Å². The molecular weight excluding hydrogens is 342 g/mol. The topological polar surface area (TPSA) is 80.3 Å². The molecule has 0 atom stereocenters. The van der Waals surface area contributed by atoms with Crippen LogP contribution in [0.4, 0.5) is 0 Å². The molecule has 0 spiro atoms. The maximum Gasteiger partial charge on any atom is 0.269 e. The molecule has 0 saturated carbocycles. The van der Waals surface area contributed by atoms with Crippen LogP contribution in [0.2, 0.25) is 0 Å². The molecule has 0 fully saturated rings. The van der Waals surface area contributed by atoms with Crippen molar-refractivity contribution in [2.45, 2.75) is 32.6 Å². The highest BCUT2D eigenvalue weighted by Gasteiger charge is 2.11. The monoisotopic (exact) mass is 369 g/mol. The fraction of sp³-hybridized carbons (Fsp3) is 0.381. The molecule has 6 nitrogen and oxygen atoms in total. The molecule has 6 heteroatoms. The summed E-state index contributed by atoms with van der Waals surface area (Å²) in [6.45, 7) is 3.22. The summed E-state index contributed by atoms with van der Waals surface area (Å²) >= 11 is 0. The van der Waals surface area contributed by atoms with E-state index in [0.717, 1.165) is 30.6 Å². The quantitative estimate of drug-likeness (QED) is 0.631. The average Bonchev–Trinajstić information content (AvgIpc) is 2.71. The molecule has 0 radical (unpaired) electrons. The van der Waals surface area contributed by atoms with Gasteiger partial charge in [0.1, 0.15) is 11.4 Å². The van der Waals surface area contributed by atoms with Crippen LogP contribution in [0.3, 0.4) is 0 Å². The molecule has 2 aromatic rings. The summed E-state index contributed by atoms with van der Waals surface area (Å²) in [7, 11) is 1.62. The van der Waals surface area contributed by atoms with Gasteiger partial charge in [-0.2, -0.15) is 0 Å². The summed E-state index contributed by atoms with van der Waals surface area (Å²) in [5.41, 5.74) is 1.75. The van der Waals surface area contributed by atoms with Gasteiger partial charge in [0.2, 0.25) is 0 Å². The van der Waals surface area contributed by atoms with E-state index in [1.807, 2.05) is 24.3 Å². The Labute approximate surface area is 160 Å². The lowest BCUT2D eigenvalue weighted by Gasteiger charge is -2.08. The smallest absolute Gasteiger partial charge is 0.269 e. The summed E-state index contributed by atoms with van der Waals surface area (Å²) in [6, 6.07) is 10.9. The lowest BCUT2D eigenvalue weighted by molar-refractivity contribution is 0.0949. The van der Waals surface area contributed by atoms with Gasteiger partial charge in [0.15, 0.2) is 0 Å². The first-order valence-corrected chi connectivity index (χ1v) is 9.29. The van der Waals surface area contributed by atoms with E-state index in [0.29, 0.717) is 25.1 Å². The molecule has 2 amide bonds. The Kier molecular flexibility index (Phi) is 8.29. The van der Waals surface area contributed by atoms with Crippen LogP contribution in [0, 0.1) is 0 Å². The van der Waals surface area contributed by atoms with Crippen LogP contribution in [0.5, 0.6) is 5.75 Å². The fourth-order valence-corrected chi connectivity index (χ4v) is 2.61. The highest BCUT2D eigenvalue weighted by Crippen LogP contribution is 2.12. The number of amides is 2. The van der Waals surface area contributed by atoms with Crippen molar-refractivity contribution in [1.82, 2.24) is 15.6 Å². The van der Waals surface area contributed by atoms with E-state index in [2.05, 4.69) is 22.5 Å². The summed E-state index contributed by atoms with van der Waals surface area (Å²) < 4.78 is 5.19. The van der Waals surface area contributed by atoms with Crippen molar-refractivity contribution >= 4 is 11.8 Å². The first kappa shape index (κ1) is 20.4. The van der Waals surface area contributed by atoms with Gasteiger partial charge in [-0.3, -0.25) is 14.6 Å². The number of hydrogen-bond donors (Lipinski definition) is 2. The summed E-state index contributed by atoms with van der Waals surface area (Å²) in [5.74, 6) is 0.315. The Morgan fingerprint density at radius 2 is 1.85 bits per heavy atom. The Morgan fingerprint density at radius 1 is 1.04 bits per heavy atom. The molecule has 0 aliphatic rings. The van der Waals surface area contributed by atoms with Gasteiger partial charge in [0, 0.05) is 24.8 Å². The number of hydrogen-bond acceptors (Lipinski definition) is 4. The van der Waals surface area contributed by atoms with E-state index in [9.17, 15) is 9.59 Å². The van der Waals surface area contributed by atoms with E-state index in [4.69, 9.17) is 4.74 Å². The number of aromatic nitrogens is 1. The minimum Gasteiger partial charge on any atom is -0.497 e. The van der Waals surface area contributed by atoms with Crippen molar-refractivity contribution in [3.8, 4) is 5.75 Å². The molecule has 1 heterocycles. The zero-order valence-corrected chi connectivity index (χ0v) is 16.0. The van der Waals surface area contributed by atoms with Crippen LogP contribution < -0.4 is 15.4 Å². The van der Waals surface area contributed by atoms with Crippen molar-refractivity contribution in [2.24, 2.45) is 0 Å². The Morgan fingerprint density at radius 3 is 2.63 bits per heavy atom. The Hall–Kier alpha value is -2.89. The van der Waals surface area contributed by atoms with Crippen LogP contribution >= 0.6 is 0 Å². The van der Waals surface area contributed by atoms with Gasteiger partial charge in [-0.05, 0) is 42.7 Å². The molecule has 1 aromatic heterocycles. The number of unbranched alkanes of at least 4 members (excludes halogenated alkanes) is 2. The zero-order chi connectivity index (χ0) is 19.5. The van der Waals surface area contributed by atoms with Crippen LogP contribution in [-0.4, -0.2) is 37.0 Å². The van der Waals surface area contributed by atoms with Crippen molar-refractivity contribution in [3.63, 3.8) is 0 Å². The van der Waals surface area contributed by atoms with Crippen molar-refractivity contribution in [1.29, 1.82) is 0 Å². The number of ether oxygens (including phenoxy) is 1. The van der Waals surface area contributed by atoms with Gasteiger partial charge in [0.05, 0.1) is 7.11 Å². The third-order valence-corrected chi connectivity index (χ3v) is 4.15. The van der Waals surface area contributed by atoms with Crippen LogP contribution in [0.1, 0.15) is 52.6 Å². The second kappa shape index (κ2) is 11.0. The molecule has 0 saturated heterocycles. The molecule has 0 unspecified atom stereocenters. The molecule has 27 heavy (non-hydrogen) atoms. The van der Waals surface area contributed by atoms with Gasteiger partial charge in [-0.1, -0.05) is 31.9 Å². The van der Waals surface area contributed by atoms with Gasteiger partial charge >= 0.3 is 0 Å². The minimum atomic E-state index is -0.293. The lowest BCUT2D eigenvalue weighted by atomic mass is 10.1. The standard InChI is InChI=1S/C21H27N3O3/c1-3-4-5-11-23-20(25)17-10-13-22-19(15-17)21(26)24-12-9-16-7-6-8-18(14-16)27-2/h6-8,10,13-15H,3-5,9,11-12H2,1-2H3,(H,23,25)(H,24,26). The molecule has 0 bridgehead atoms. The highest BCUT2D eigenvalue weighted by atomic mass is 16.5. The number of pyridine rings is 1. The van der Waals surface area contributed by atoms with Crippen molar-refractivity contribution < 1.29 is 14.3 Å². The largest absolute Gasteiger partial charge is 0.497 e. The Balaban J connectivity index is 1.86. The Bertz CT molecular complexity index is 762. The number of carbonyl (C=O) groups excluding carboxylic acids is 2. The third-order valence-electron chi connectivity index (χ3n) is 4.15. The number of methoxy groups -OCH3 is 1. The predicted molar refractivity (Wildman–Crippen MR) is 105 cm³/mol. The molecule has 1 aromatic carbocycles. The number of benzene rings is 1. The number of rotatable bonds is 10. The van der Waals surface area contributed by atoms with Gasteiger partial charge in [-0.15, -0.1) is 0 Å². The van der Waals surface area contributed by atoms with E-state index >= 15 is 0 Å². The molecule has 2 rings (SSSR count). The van der Waals surface area contributed by atoms with Gasteiger partial charge in [-0.25, -0.2) is 0 Å². The molecule has 144 valence electrons. The molecule has 2 N–H and O–H groups in total. The molecule has 0 aliphatic heterocycles. The minimum absolute atomic E-state index is 0.182. The number of nitrogens with zero attached hydrogens (tertiary/aromatic N) is 1. The summed E-state index contributed by atoms with van der Waals surface area (Å²) in [5, 5.41) is 5.70. The van der Waals surface area contributed by atoms with Crippen LogP contribution in [0.15, 0.2) is 42.6 Å². The van der Waals surface area contributed by atoms with Gasteiger partial charge < -0.3 is 15.4 Å². The van der Waals surface area contributed by atoms with E-state index in [1.54, 1.807) is 13.2 Å². The third kappa shape index (κ3) is 6.73. The first-order chi connectivity index (χ1) is 13.1. The zero-order valence-electron chi connectivity index (χ0n) is 16.0. The second-order valence-electron chi connectivity index (χ2n) is 6.25. The molecule has 0 aliphatic carbocycles. The van der Waals surface area contributed by atoms with Crippen molar-refractivity contribution in [2.75, 3.05) is 20.2 Å². The van der Waals surface area contributed by atoms with Crippen molar-refractivity contribution in [3.05, 3.63) is 59.4 Å². The number of nitrogens with one attached hydrogen (secondary N) is 2. The van der Waals surface area contributed by atoms with E-state index in [-0.39, 0.29) is 17.5 Å². The second-order valence-corrected chi connectivity index (χ2v) is 6.25. The first-order valence-electron chi connectivity index (χ1n) is 9.29. The number of carbonyl (C=O) groups is 2. The maximum atomic E-state index is 12.3. The average molecular weight is 369 g/mol. The SMILES string of the molecule is CCCCCNC(=O)c1ccnc(C(=O)NCCc2cccc(OC)c2)c1. The lowest BCUT2D eigenvalue weighted by Crippen LogP contribution is -2.28. The maximum absolute atomic E-state index is 12.3. The summed E-state index contributed by atoms with van der Waals surface area (Å²) in [6.07, 6.45) is 5.30. The normalized spacial score (nSPS) is 10.3.